The third-order valence-corrected chi connectivity index (χ3v) is 4.03. The molecular formula is C13H14F3NS. The fourth-order valence-corrected chi connectivity index (χ4v) is 2.93. The number of likely N-dealkylation sites (N-methyl/N-ethyl adjacent to an activating group) is 1. The molecule has 0 saturated carbocycles. The zero-order valence-corrected chi connectivity index (χ0v) is 10.9. The van der Waals surface area contributed by atoms with Crippen molar-refractivity contribution in [3.8, 4) is 0 Å². The van der Waals surface area contributed by atoms with Crippen LogP contribution in [0.1, 0.15) is 18.4 Å². The smallest absolute Gasteiger partial charge is 0.316 e. The van der Waals surface area contributed by atoms with Crippen LogP contribution >= 0.6 is 11.3 Å². The highest BCUT2D eigenvalue weighted by Gasteiger charge is 2.43. The van der Waals surface area contributed by atoms with Crippen molar-refractivity contribution in [1.29, 1.82) is 0 Å². The highest BCUT2D eigenvalue weighted by molar-refractivity contribution is 7.17. The third kappa shape index (κ3) is 2.52. The van der Waals surface area contributed by atoms with E-state index in [2.05, 4.69) is 5.32 Å². The van der Waals surface area contributed by atoms with Gasteiger partial charge in [-0.3, -0.25) is 0 Å². The summed E-state index contributed by atoms with van der Waals surface area (Å²) in [6.07, 6.45) is -4.24. The summed E-state index contributed by atoms with van der Waals surface area (Å²) in [5.41, 5.74) is 0.319. The van der Waals surface area contributed by atoms with Gasteiger partial charge in [-0.25, -0.2) is 0 Å². The van der Waals surface area contributed by atoms with E-state index >= 15 is 0 Å². The molecule has 1 aromatic carbocycles. The number of hydrogen-bond donors (Lipinski definition) is 1. The van der Waals surface area contributed by atoms with E-state index in [0.29, 0.717) is 5.56 Å². The fourth-order valence-electron chi connectivity index (χ4n) is 2.09. The Morgan fingerprint density at radius 1 is 1.22 bits per heavy atom. The van der Waals surface area contributed by atoms with Gasteiger partial charge in [0.25, 0.3) is 0 Å². The van der Waals surface area contributed by atoms with Crippen LogP contribution < -0.4 is 5.32 Å². The van der Waals surface area contributed by atoms with Gasteiger partial charge >= 0.3 is 6.18 Å². The summed E-state index contributed by atoms with van der Waals surface area (Å²) in [6.45, 7) is 1.55. The van der Waals surface area contributed by atoms with Crippen LogP contribution in [-0.2, 0) is 0 Å². The molecule has 0 amide bonds. The lowest BCUT2D eigenvalue weighted by Crippen LogP contribution is -2.37. The second-order valence-electron chi connectivity index (χ2n) is 4.31. The van der Waals surface area contributed by atoms with Crippen molar-refractivity contribution < 1.29 is 13.2 Å². The lowest BCUT2D eigenvalue weighted by atomic mass is 9.91. The molecule has 2 atom stereocenters. The van der Waals surface area contributed by atoms with Crippen molar-refractivity contribution in [2.75, 3.05) is 7.05 Å². The van der Waals surface area contributed by atoms with Crippen molar-refractivity contribution in [2.24, 2.45) is 0 Å². The fraction of sp³-hybridized carbons (Fsp3) is 0.385. The molecule has 2 unspecified atom stereocenters. The lowest BCUT2D eigenvalue weighted by Gasteiger charge is -2.26. The van der Waals surface area contributed by atoms with E-state index in [4.69, 9.17) is 0 Å². The highest BCUT2D eigenvalue weighted by atomic mass is 32.1. The Balaban J connectivity index is 2.46. The van der Waals surface area contributed by atoms with Crippen molar-refractivity contribution in [2.45, 2.75) is 25.1 Å². The number of benzene rings is 1. The average molecular weight is 273 g/mol. The molecule has 1 aromatic heterocycles. The van der Waals surface area contributed by atoms with Gasteiger partial charge in [-0.1, -0.05) is 12.1 Å². The van der Waals surface area contributed by atoms with Gasteiger partial charge < -0.3 is 5.32 Å². The number of halogens is 3. The zero-order valence-electron chi connectivity index (χ0n) is 10.1. The quantitative estimate of drug-likeness (QED) is 0.885. The minimum Gasteiger partial charge on any atom is -0.316 e. The van der Waals surface area contributed by atoms with E-state index in [1.165, 1.54) is 11.3 Å². The molecule has 0 bridgehead atoms. The standard InChI is InChI=1S/C13H14F3NS/c1-8(17-2)12(13(14,15)16)10-4-3-9-5-6-18-11(9)7-10/h3-8,12,17H,1-2H3. The number of hydrogen-bond acceptors (Lipinski definition) is 2. The molecule has 0 aliphatic carbocycles. The number of alkyl halides is 3. The molecule has 1 N–H and O–H groups in total. The molecule has 5 heteroatoms. The molecule has 1 nitrogen and oxygen atoms in total. The predicted octanol–water partition coefficient (Wildman–Crippen LogP) is 4.16. The molecular weight excluding hydrogens is 259 g/mol. The molecule has 98 valence electrons. The van der Waals surface area contributed by atoms with Gasteiger partial charge in [-0.15, -0.1) is 11.3 Å². The summed E-state index contributed by atoms with van der Waals surface area (Å²) in [5.74, 6) is -1.48. The Morgan fingerprint density at radius 2 is 1.94 bits per heavy atom. The molecule has 0 aliphatic heterocycles. The number of nitrogens with one attached hydrogen (secondary N) is 1. The van der Waals surface area contributed by atoms with E-state index < -0.39 is 18.1 Å². The SMILES string of the molecule is CNC(C)C(c1ccc2ccsc2c1)C(F)(F)F. The normalized spacial score (nSPS) is 15.8. The van der Waals surface area contributed by atoms with Gasteiger partial charge in [0.1, 0.15) is 0 Å². The van der Waals surface area contributed by atoms with Crippen LogP contribution in [0.15, 0.2) is 29.6 Å². The summed E-state index contributed by atoms with van der Waals surface area (Å²) in [7, 11) is 1.55. The molecule has 2 rings (SSSR count). The van der Waals surface area contributed by atoms with Crippen LogP contribution in [0.4, 0.5) is 13.2 Å². The minimum atomic E-state index is -4.24. The van der Waals surface area contributed by atoms with E-state index in [1.807, 2.05) is 11.4 Å². The average Bonchev–Trinajstić information content (AvgIpc) is 2.74. The Kier molecular flexibility index (Phi) is 3.64. The maximum atomic E-state index is 13.1. The lowest BCUT2D eigenvalue weighted by molar-refractivity contribution is -0.155. The minimum absolute atomic E-state index is 0.319. The predicted molar refractivity (Wildman–Crippen MR) is 69.1 cm³/mol. The first-order valence-corrected chi connectivity index (χ1v) is 6.52. The second kappa shape index (κ2) is 4.90. The van der Waals surface area contributed by atoms with Gasteiger partial charge in [-0.05, 0) is 42.4 Å². The van der Waals surface area contributed by atoms with Gasteiger partial charge in [0.2, 0.25) is 0 Å². The van der Waals surface area contributed by atoms with E-state index in [1.54, 1.807) is 32.2 Å². The van der Waals surface area contributed by atoms with Crippen molar-refractivity contribution >= 4 is 21.4 Å². The van der Waals surface area contributed by atoms with Crippen LogP contribution in [0.5, 0.6) is 0 Å². The first-order valence-electron chi connectivity index (χ1n) is 5.64. The summed E-state index contributed by atoms with van der Waals surface area (Å²) < 4.78 is 40.3. The van der Waals surface area contributed by atoms with Crippen LogP contribution in [0.3, 0.4) is 0 Å². The van der Waals surface area contributed by atoms with Gasteiger partial charge in [-0.2, -0.15) is 13.2 Å². The van der Waals surface area contributed by atoms with Crippen LogP contribution in [-0.4, -0.2) is 19.3 Å². The molecule has 1 heterocycles. The Morgan fingerprint density at radius 3 is 2.56 bits per heavy atom. The first-order chi connectivity index (χ1) is 8.43. The Labute approximate surface area is 108 Å². The molecule has 0 radical (unpaired) electrons. The number of thiophene rings is 1. The van der Waals surface area contributed by atoms with Gasteiger partial charge in [0, 0.05) is 10.7 Å². The summed E-state index contributed by atoms with van der Waals surface area (Å²) >= 11 is 1.46. The monoisotopic (exact) mass is 273 g/mol. The zero-order chi connectivity index (χ0) is 13.3. The first kappa shape index (κ1) is 13.4. The van der Waals surface area contributed by atoms with Gasteiger partial charge in [0.05, 0.1) is 5.92 Å². The summed E-state index contributed by atoms with van der Waals surface area (Å²) in [6, 6.07) is 6.23. The Hall–Kier alpha value is -1.07. The van der Waals surface area contributed by atoms with E-state index in [-0.39, 0.29) is 0 Å². The van der Waals surface area contributed by atoms with E-state index in [0.717, 1.165) is 10.1 Å². The molecule has 18 heavy (non-hydrogen) atoms. The molecule has 0 aliphatic rings. The molecule has 0 saturated heterocycles. The van der Waals surface area contributed by atoms with Crippen LogP contribution in [0.2, 0.25) is 0 Å². The van der Waals surface area contributed by atoms with Crippen molar-refractivity contribution in [3.05, 3.63) is 35.2 Å². The van der Waals surface area contributed by atoms with Crippen LogP contribution in [0.25, 0.3) is 10.1 Å². The number of rotatable bonds is 3. The Bertz CT molecular complexity index is 532. The number of fused-ring (bicyclic) bond motifs is 1. The largest absolute Gasteiger partial charge is 0.397 e. The van der Waals surface area contributed by atoms with Crippen LogP contribution in [0, 0.1) is 0 Å². The molecule has 0 spiro atoms. The molecule has 0 fully saturated rings. The van der Waals surface area contributed by atoms with Crippen molar-refractivity contribution in [1.82, 2.24) is 5.32 Å². The summed E-state index contributed by atoms with van der Waals surface area (Å²) in [5, 5.41) is 5.57. The maximum Gasteiger partial charge on any atom is 0.397 e. The topological polar surface area (TPSA) is 12.0 Å². The molecule has 2 aromatic rings. The third-order valence-electron chi connectivity index (χ3n) is 3.15. The maximum absolute atomic E-state index is 13.1. The van der Waals surface area contributed by atoms with Crippen molar-refractivity contribution in [3.63, 3.8) is 0 Å². The van der Waals surface area contributed by atoms with Gasteiger partial charge in [0.15, 0.2) is 0 Å². The highest BCUT2D eigenvalue weighted by Crippen LogP contribution is 2.38. The second-order valence-corrected chi connectivity index (χ2v) is 5.26. The van der Waals surface area contributed by atoms with E-state index in [9.17, 15) is 13.2 Å². The summed E-state index contributed by atoms with van der Waals surface area (Å²) in [4.78, 5) is 0.